The zero-order valence-corrected chi connectivity index (χ0v) is 12.8. The van der Waals surface area contributed by atoms with E-state index >= 15 is 0 Å². The number of rotatable bonds is 3. The molecule has 2 unspecified atom stereocenters. The molecule has 2 nitrogen and oxygen atoms in total. The van der Waals surface area contributed by atoms with E-state index in [-0.39, 0.29) is 0 Å². The predicted octanol–water partition coefficient (Wildman–Crippen LogP) is 3.12. The Kier molecular flexibility index (Phi) is 4.68. The molecule has 0 radical (unpaired) electrons. The van der Waals surface area contributed by atoms with Crippen LogP contribution in [0, 0.1) is 9.49 Å². The van der Waals surface area contributed by atoms with Crippen LogP contribution in [0.1, 0.15) is 20.3 Å². The van der Waals surface area contributed by atoms with Crippen LogP contribution >= 0.6 is 22.6 Å². The third-order valence-corrected chi connectivity index (χ3v) is 4.45. The van der Waals surface area contributed by atoms with Crippen molar-refractivity contribution < 1.29 is 0 Å². The summed E-state index contributed by atoms with van der Waals surface area (Å²) in [5, 5.41) is 3.64. The molecule has 17 heavy (non-hydrogen) atoms. The van der Waals surface area contributed by atoms with Gasteiger partial charge >= 0.3 is 0 Å². The molecule has 1 heterocycles. The third-order valence-electron chi connectivity index (χ3n) is 3.73. The van der Waals surface area contributed by atoms with Crippen LogP contribution in [0.25, 0.3) is 0 Å². The molecular weight excluding hydrogens is 323 g/mol. The van der Waals surface area contributed by atoms with Crippen LogP contribution in [0.4, 0.5) is 5.69 Å². The van der Waals surface area contributed by atoms with Gasteiger partial charge in [-0.1, -0.05) is 20.3 Å². The molecule has 1 fully saturated rings. The Morgan fingerprint density at radius 3 is 2.76 bits per heavy atom. The van der Waals surface area contributed by atoms with Gasteiger partial charge in [0.15, 0.2) is 0 Å². The van der Waals surface area contributed by atoms with Gasteiger partial charge in [0.05, 0.1) is 0 Å². The molecular formula is C14H21IN2. The van der Waals surface area contributed by atoms with Gasteiger partial charge in [-0.3, -0.25) is 0 Å². The zero-order valence-electron chi connectivity index (χ0n) is 10.6. The fourth-order valence-corrected chi connectivity index (χ4v) is 2.69. The fourth-order valence-electron chi connectivity index (χ4n) is 2.33. The SMILES string of the molecule is CCC(C)C1CN(c2ccc(I)cc2)CCN1. The molecule has 2 rings (SSSR count). The summed E-state index contributed by atoms with van der Waals surface area (Å²) in [7, 11) is 0. The molecule has 94 valence electrons. The second kappa shape index (κ2) is 6.05. The molecule has 1 aliphatic rings. The van der Waals surface area contributed by atoms with Crippen LogP contribution in [0.15, 0.2) is 24.3 Å². The Balaban J connectivity index is 2.04. The predicted molar refractivity (Wildman–Crippen MR) is 82.6 cm³/mol. The summed E-state index contributed by atoms with van der Waals surface area (Å²) in [6.07, 6.45) is 1.25. The lowest BCUT2D eigenvalue weighted by Crippen LogP contribution is -2.53. The lowest BCUT2D eigenvalue weighted by molar-refractivity contribution is 0.342. The quantitative estimate of drug-likeness (QED) is 0.848. The van der Waals surface area contributed by atoms with E-state index in [4.69, 9.17) is 0 Å². The van der Waals surface area contributed by atoms with E-state index in [0.717, 1.165) is 25.6 Å². The largest absolute Gasteiger partial charge is 0.369 e. The monoisotopic (exact) mass is 344 g/mol. The third kappa shape index (κ3) is 3.35. The number of benzene rings is 1. The summed E-state index contributed by atoms with van der Waals surface area (Å²) >= 11 is 2.36. The topological polar surface area (TPSA) is 15.3 Å². The number of hydrogen-bond acceptors (Lipinski definition) is 2. The molecule has 1 N–H and O–H groups in total. The lowest BCUT2D eigenvalue weighted by Gasteiger charge is -2.38. The standard InChI is InChI=1S/C14H21IN2/c1-3-11(2)14-10-17(9-8-16-14)13-6-4-12(15)5-7-13/h4-7,11,14,16H,3,8-10H2,1-2H3. The average molecular weight is 344 g/mol. The van der Waals surface area contributed by atoms with Gasteiger partial charge in [0.1, 0.15) is 0 Å². The number of anilines is 1. The second-order valence-corrected chi connectivity index (χ2v) is 6.11. The molecule has 0 aliphatic carbocycles. The minimum atomic E-state index is 0.632. The van der Waals surface area contributed by atoms with Gasteiger partial charge in [-0.05, 0) is 52.8 Å². The van der Waals surface area contributed by atoms with E-state index in [1.807, 2.05) is 0 Å². The molecule has 0 amide bonds. The molecule has 1 aromatic rings. The molecule has 1 aromatic carbocycles. The molecule has 0 bridgehead atoms. The van der Waals surface area contributed by atoms with Crippen molar-refractivity contribution in [2.75, 3.05) is 24.5 Å². The zero-order chi connectivity index (χ0) is 12.3. The fraction of sp³-hybridized carbons (Fsp3) is 0.571. The summed E-state index contributed by atoms with van der Waals surface area (Å²) in [5.74, 6) is 0.752. The van der Waals surface area contributed by atoms with Crippen molar-refractivity contribution in [2.45, 2.75) is 26.3 Å². The molecule has 0 aromatic heterocycles. The van der Waals surface area contributed by atoms with Gasteiger partial charge < -0.3 is 10.2 Å². The van der Waals surface area contributed by atoms with E-state index in [1.165, 1.54) is 15.7 Å². The molecule has 1 aliphatic heterocycles. The lowest BCUT2D eigenvalue weighted by atomic mass is 9.97. The number of nitrogens with one attached hydrogen (secondary N) is 1. The molecule has 3 heteroatoms. The van der Waals surface area contributed by atoms with Crippen molar-refractivity contribution in [3.63, 3.8) is 0 Å². The van der Waals surface area contributed by atoms with Gasteiger partial charge in [-0.25, -0.2) is 0 Å². The maximum atomic E-state index is 3.64. The van der Waals surface area contributed by atoms with Crippen LogP contribution < -0.4 is 10.2 Å². The van der Waals surface area contributed by atoms with Gasteiger partial charge in [0, 0.05) is 34.9 Å². The number of halogens is 1. The summed E-state index contributed by atoms with van der Waals surface area (Å²) in [4.78, 5) is 2.50. The Morgan fingerprint density at radius 1 is 1.41 bits per heavy atom. The Labute approximate surface area is 118 Å². The van der Waals surface area contributed by atoms with Gasteiger partial charge in [0.2, 0.25) is 0 Å². The highest BCUT2D eigenvalue weighted by Gasteiger charge is 2.23. The normalized spacial score (nSPS) is 22.5. The van der Waals surface area contributed by atoms with Gasteiger partial charge in [-0.2, -0.15) is 0 Å². The molecule has 2 atom stereocenters. The summed E-state index contributed by atoms with van der Waals surface area (Å²) < 4.78 is 1.31. The van der Waals surface area contributed by atoms with Crippen molar-refractivity contribution in [3.8, 4) is 0 Å². The van der Waals surface area contributed by atoms with Crippen LogP contribution in [0.3, 0.4) is 0 Å². The van der Waals surface area contributed by atoms with Crippen molar-refractivity contribution in [2.24, 2.45) is 5.92 Å². The molecule has 0 saturated carbocycles. The maximum absolute atomic E-state index is 3.64. The van der Waals surface area contributed by atoms with Crippen LogP contribution in [0.2, 0.25) is 0 Å². The van der Waals surface area contributed by atoms with Crippen molar-refractivity contribution in [1.82, 2.24) is 5.32 Å². The minimum absolute atomic E-state index is 0.632. The van der Waals surface area contributed by atoms with E-state index in [2.05, 4.69) is 70.9 Å². The van der Waals surface area contributed by atoms with E-state index in [1.54, 1.807) is 0 Å². The van der Waals surface area contributed by atoms with Gasteiger partial charge in [0.25, 0.3) is 0 Å². The van der Waals surface area contributed by atoms with Crippen molar-refractivity contribution >= 4 is 28.3 Å². The Hall–Kier alpha value is -0.290. The van der Waals surface area contributed by atoms with Crippen LogP contribution in [-0.2, 0) is 0 Å². The molecule has 0 spiro atoms. The smallest absolute Gasteiger partial charge is 0.0367 e. The number of piperazine rings is 1. The maximum Gasteiger partial charge on any atom is 0.0367 e. The first-order valence-corrected chi connectivity index (χ1v) is 7.52. The summed E-state index contributed by atoms with van der Waals surface area (Å²) in [6, 6.07) is 9.49. The first-order valence-electron chi connectivity index (χ1n) is 6.44. The highest BCUT2D eigenvalue weighted by molar-refractivity contribution is 14.1. The Morgan fingerprint density at radius 2 is 2.12 bits per heavy atom. The van der Waals surface area contributed by atoms with E-state index < -0.39 is 0 Å². The minimum Gasteiger partial charge on any atom is -0.369 e. The summed E-state index contributed by atoms with van der Waals surface area (Å²) in [6.45, 7) is 7.97. The van der Waals surface area contributed by atoms with E-state index in [9.17, 15) is 0 Å². The van der Waals surface area contributed by atoms with Crippen LogP contribution in [-0.4, -0.2) is 25.7 Å². The van der Waals surface area contributed by atoms with Crippen LogP contribution in [0.5, 0.6) is 0 Å². The Bertz CT molecular complexity index is 350. The highest BCUT2D eigenvalue weighted by atomic mass is 127. The van der Waals surface area contributed by atoms with Crippen molar-refractivity contribution in [1.29, 1.82) is 0 Å². The average Bonchev–Trinajstić information content (AvgIpc) is 2.39. The van der Waals surface area contributed by atoms with E-state index in [0.29, 0.717) is 6.04 Å². The van der Waals surface area contributed by atoms with Crippen molar-refractivity contribution in [3.05, 3.63) is 27.8 Å². The summed E-state index contributed by atoms with van der Waals surface area (Å²) in [5.41, 5.74) is 1.36. The second-order valence-electron chi connectivity index (χ2n) is 4.87. The molecule has 1 saturated heterocycles. The first-order chi connectivity index (χ1) is 8.20. The number of nitrogens with zero attached hydrogens (tertiary/aromatic N) is 1. The highest BCUT2D eigenvalue weighted by Crippen LogP contribution is 2.20. The first kappa shape index (κ1) is 13.1. The van der Waals surface area contributed by atoms with Gasteiger partial charge in [-0.15, -0.1) is 0 Å². The number of hydrogen-bond donors (Lipinski definition) is 1.